The maximum absolute atomic E-state index is 12.9. The second-order valence-corrected chi connectivity index (χ2v) is 5.84. The molecule has 22 heavy (non-hydrogen) atoms. The summed E-state index contributed by atoms with van der Waals surface area (Å²) in [6.07, 6.45) is 0.126. The van der Waals surface area contributed by atoms with Crippen molar-refractivity contribution in [1.29, 1.82) is 0 Å². The fraction of sp³-hybridized carbons (Fsp3) is 0.500. The lowest BCUT2D eigenvalue weighted by atomic mass is 10.1. The summed E-state index contributed by atoms with van der Waals surface area (Å²) in [6, 6.07) is 7.12. The predicted octanol–water partition coefficient (Wildman–Crippen LogP) is 1.08. The first-order chi connectivity index (χ1) is 10.6. The third-order valence-corrected chi connectivity index (χ3v) is 4.21. The number of hydrogen-bond donors (Lipinski definition) is 1. The van der Waals surface area contributed by atoms with Crippen LogP contribution in [0.5, 0.6) is 0 Å². The van der Waals surface area contributed by atoms with Gasteiger partial charge in [0.25, 0.3) is 0 Å². The number of rotatable bonds is 2. The van der Waals surface area contributed by atoms with E-state index in [0.717, 1.165) is 18.8 Å². The molecule has 6 nitrogen and oxygen atoms in total. The molecule has 3 rings (SSSR count). The number of fused-ring (bicyclic) bond motifs is 1. The zero-order valence-corrected chi connectivity index (χ0v) is 12.9. The second-order valence-electron chi connectivity index (χ2n) is 5.84. The summed E-state index contributed by atoms with van der Waals surface area (Å²) in [7, 11) is 0. The van der Waals surface area contributed by atoms with Gasteiger partial charge < -0.3 is 10.1 Å². The summed E-state index contributed by atoms with van der Waals surface area (Å²) in [5, 5.41) is 2.80. The Kier molecular flexibility index (Phi) is 4.13. The van der Waals surface area contributed by atoms with E-state index in [1.54, 1.807) is 4.90 Å². The first-order valence-electron chi connectivity index (χ1n) is 7.62. The normalized spacial score (nSPS) is 23.6. The number of amides is 2. The molecule has 2 aliphatic heterocycles. The van der Waals surface area contributed by atoms with Gasteiger partial charge in [-0.05, 0) is 26.0 Å². The molecule has 0 aromatic heterocycles. The molecular formula is C16H21N3O3. The third kappa shape index (κ3) is 2.84. The van der Waals surface area contributed by atoms with Crippen molar-refractivity contribution in [2.24, 2.45) is 0 Å². The van der Waals surface area contributed by atoms with Crippen molar-refractivity contribution in [2.45, 2.75) is 26.0 Å². The zero-order chi connectivity index (χ0) is 15.7. The van der Waals surface area contributed by atoms with E-state index in [4.69, 9.17) is 4.74 Å². The van der Waals surface area contributed by atoms with Crippen LogP contribution in [0, 0.1) is 0 Å². The Hall–Kier alpha value is -1.92. The molecule has 1 N–H and O–H groups in total. The maximum atomic E-state index is 12.9. The lowest BCUT2D eigenvalue weighted by molar-refractivity contribution is -0.128. The number of morpholine rings is 1. The number of anilines is 2. The molecule has 0 saturated carbocycles. The number of nitrogens with one attached hydrogen (secondary N) is 1. The summed E-state index contributed by atoms with van der Waals surface area (Å²) < 4.78 is 5.53. The number of hydrogen-bond acceptors (Lipinski definition) is 4. The summed E-state index contributed by atoms with van der Waals surface area (Å²) in [5.74, 6) is -0.203. The Morgan fingerprint density at radius 1 is 1.41 bits per heavy atom. The molecule has 2 heterocycles. The van der Waals surface area contributed by atoms with Crippen LogP contribution in [0.3, 0.4) is 0 Å². The molecule has 2 aliphatic rings. The van der Waals surface area contributed by atoms with Crippen LogP contribution < -0.4 is 10.2 Å². The number of carbonyl (C=O) groups excluding carboxylic acids is 2. The topological polar surface area (TPSA) is 61.9 Å². The smallest absolute Gasteiger partial charge is 0.244 e. The zero-order valence-electron chi connectivity index (χ0n) is 12.9. The van der Waals surface area contributed by atoms with Gasteiger partial charge in [-0.3, -0.25) is 19.4 Å². The van der Waals surface area contributed by atoms with Crippen molar-refractivity contribution in [3.8, 4) is 0 Å². The van der Waals surface area contributed by atoms with Gasteiger partial charge in [-0.25, -0.2) is 0 Å². The quantitative estimate of drug-likeness (QED) is 0.888. The van der Waals surface area contributed by atoms with Gasteiger partial charge in [0, 0.05) is 13.1 Å². The molecule has 1 saturated heterocycles. The minimum Gasteiger partial charge on any atom is -0.376 e. The van der Waals surface area contributed by atoms with Crippen LogP contribution in [-0.4, -0.2) is 55.1 Å². The lowest BCUT2D eigenvalue weighted by Gasteiger charge is -2.38. The Morgan fingerprint density at radius 3 is 2.95 bits per heavy atom. The summed E-state index contributed by atoms with van der Waals surface area (Å²) in [4.78, 5) is 28.4. The Morgan fingerprint density at radius 2 is 2.18 bits per heavy atom. The Labute approximate surface area is 130 Å². The van der Waals surface area contributed by atoms with E-state index in [2.05, 4.69) is 10.2 Å². The van der Waals surface area contributed by atoms with E-state index >= 15 is 0 Å². The van der Waals surface area contributed by atoms with E-state index in [9.17, 15) is 9.59 Å². The van der Waals surface area contributed by atoms with Crippen LogP contribution in [0.4, 0.5) is 11.4 Å². The van der Waals surface area contributed by atoms with Gasteiger partial charge in [-0.15, -0.1) is 0 Å². The van der Waals surface area contributed by atoms with Crippen LogP contribution >= 0.6 is 0 Å². The van der Waals surface area contributed by atoms with Crippen molar-refractivity contribution in [3.63, 3.8) is 0 Å². The van der Waals surface area contributed by atoms with E-state index in [1.165, 1.54) is 0 Å². The van der Waals surface area contributed by atoms with Crippen molar-refractivity contribution in [1.82, 2.24) is 4.90 Å². The van der Waals surface area contributed by atoms with Crippen LogP contribution in [0.2, 0.25) is 0 Å². The van der Waals surface area contributed by atoms with Gasteiger partial charge in [-0.1, -0.05) is 12.1 Å². The molecule has 0 aliphatic carbocycles. The highest BCUT2D eigenvalue weighted by atomic mass is 16.5. The monoisotopic (exact) mass is 303 g/mol. The van der Waals surface area contributed by atoms with Crippen LogP contribution in [0.1, 0.15) is 13.8 Å². The van der Waals surface area contributed by atoms with E-state index in [-0.39, 0.29) is 30.5 Å². The summed E-state index contributed by atoms with van der Waals surface area (Å²) in [6.45, 7) is 6.08. The summed E-state index contributed by atoms with van der Waals surface area (Å²) in [5.41, 5.74) is 1.45. The van der Waals surface area contributed by atoms with Gasteiger partial charge in [0.2, 0.25) is 11.8 Å². The molecule has 1 aromatic rings. The number of nitrogens with zero attached hydrogens (tertiary/aromatic N) is 2. The fourth-order valence-corrected chi connectivity index (χ4v) is 3.01. The van der Waals surface area contributed by atoms with E-state index in [1.807, 2.05) is 38.1 Å². The van der Waals surface area contributed by atoms with E-state index < -0.39 is 0 Å². The van der Waals surface area contributed by atoms with Gasteiger partial charge in [0.1, 0.15) is 6.54 Å². The molecule has 2 atom stereocenters. The van der Waals surface area contributed by atoms with Crippen molar-refractivity contribution >= 4 is 23.2 Å². The molecule has 2 amide bonds. The molecule has 6 heteroatoms. The average molecular weight is 303 g/mol. The molecule has 1 aromatic carbocycles. The Bertz CT molecular complexity index is 590. The molecule has 1 fully saturated rings. The predicted molar refractivity (Wildman–Crippen MR) is 83.9 cm³/mol. The second kappa shape index (κ2) is 6.06. The van der Waals surface area contributed by atoms with Crippen LogP contribution in [-0.2, 0) is 14.3 Å². The first-order valence-corrected chi connectivity index (χ1v) is 7.62. The molecule has 118 valence electrons. The highest BCUT2D eigenvalue weighted by Crippen LogP contribution is 2.29. The molecule has 0 unspecified atom stereocenters. The van der Waals surface area contributed by atoms with E-state index in [0.29, 0.717) is 12.3 Å². The number of carbonyl (C=O) groups is 2. The standard InChI is InChI=1S/C16H21N3O3/c1-11-9-18(7-8-22-11)12(2)16(21)19-10-15(20)17-13-5-3-4-6-14(13)19/h3-6,11-12H,7-10H2,1-2H3,(H,17,20)/t11-,12-/m0/s1. The third-order valence-electron chi connectivity index (χ3n) is 4.21. The molecular weight excluding hydrogens is 282 g/mol. The molecule has 0 bridgehead atoms. The van der Waals surface area contributed by atoms with Gasteiger partial charge in [0.05, 0.1) is 30.1 Å². The summed E-state index contributed by atoms with van der Waals surface area (Å²) >= 11 is 0. The lowest BCUT2D eigenvalue weighted by Crippen LogP contribution is -2.54. The highest BCUT2D eigenvalue weighted by molar-refractivity contribution is 6.11. The van der Waals surface area contributed by atoms with Crippen molar-refractivity contribution in [2.75, 3.05) is 36.5 Å². The number of ether oxygens (including phenoxy) is 1. The SMILES string of the molecule is C[C@H]1CN([C@@H](C)C(=O)N2CC(=O)Nc3ccccc32)CCO1. The number of para-hydroxylation sites is 2. The van der Waals surface area contributed by atoms with Crippen molar-refractivity contribution in [3.05, 3.63) is 24.3 Å². The molecule has 0 spiro atoms. The van der Waals surface area contributed by atoms with Gasteiger partial charge >= 0.3 is 0 Å². The van der Waals surface area contributed by atoms with Gasteiger partial charge in [0.15, 0.2) is 0 Å². The minimum atomic E-state index is -0.273. The molecule has 0 radical (unpaired) electrons. The average Bonchev–Trinajstić information content (AvgIpc) is 2.52. The van der Waals surface area contributed by atoms with Crippen LogP contribution in [0.25, 0.3) is 0 Å². The fourth-order valence-electron chi connectivity index (χ4n) is 3.01. The largest absolute Gasteiger partial charge is 0.376 e. The minimum absolute atomic E-state index is 0.0450. The van der Waals surface area contributed by atoms with Crippen molar-refractivity contribution < 1.29 is 14.3 Å². The Balaban J connectivity index is 1.81. The number of benzene rings is 1. The maximum Gasteiger partial charge on any atom is 0.244 e. The van der Waals surface area contributed by atoms with Gasteiger partial charge in [-0.2, -0.15) is 0 Å². The van der Waals surface area contributed by atoms with Crippen LogP contribution in [0.15, 0.2) is 24.3 Å². The first kappa shape index (κ1) is 15.0. The highest BCUT2D eigenvalue weighted by Gasteiger charge is 2.33.